The lowest BCUT2D eigenvalue weighted by molar-refractivity contribution is 0.317. The Bertz CT molecular complexity index is 1260. The number of benzene rings is 2. The molecule has 0 spiro atoms. The Kier molecular flexibility index (Phi) is 4.60. The molecule has 0 radical (unpaired) electrons. The number of thiazole rings is 1. The average Bonchev–Trinajstić information content (AvgIpc) is 3.22. The van der Waals surface area contributed by atoms with E-state index < -0.39 is 0 Å². The summed E-state index contributed by atoms with van der Waals surface area (Å²) in [6.07, 6.45) is 4.38. The highest BCUT2D eigenvalue weighted by Gasteiger charge is 2.29. The largest absolute Gasteiger partial charge is 0.375 e. The molecule has 4 aromatic rings. The molecule has 5 rings (SSSR count). The van der Waals surface area contributed by atoms with Crippen LogP contribution < -0.4 is 11.1 Å². The second-order valence-corrected chi connectivity index (χ2v) is 10.1. The van der Waals surface area contributed by atoms with E-state index in [1.165, 1.54) is 37.9 Å². The van der Waals surface area contributed by atoms with E-state index in [9.17, 15) is 0 Å². The molecule has 1 fully saturated rings. The number of nitrogens with two attached hydrogens (primary N) is 1. The second-order valence-electron chi connectivity index (χ2n) is 9.03. The molecule has 0 amide bonds. The van der Waals surface area contributed by atoms with E-state index in [4.69, 9.17) is 5.73 Å². The molecule has 2 aromatic heterocycles. The standard InChI is InChI=1S/C24H29N5S/c1-12-6-16(9-18-11-29(5)28-22(12)18)19-10-20-23(27-24(25)30-20)15(4)21(19)17-7-13(2)26-14(3)8-17/h6,9-11,13-14,17,26H,7-8H2,1-5H3,(H2,25,27). The zero-order valence-corrected chi connectivity index (χ0v) is 19.1. The Morgan fingerprint density at radius 3 is 2.57 bits per heavy atom. The third-order valence-electron chi connectivity index (χ3n) is 6.47. The van der Waals surface area contributed by atoms with Crippen molar-refractivity contribution < 1.29 is 0 Å². The summed E-state index contributed by atoms with van der Waals surface area (Å²) in [5, 5.41) is 10.2. The van der Waals surface area contributed by atoms with Crippen LogP contribution in [-0.4, -0.2) is 26.8 Å². The number of aromatic nitrogens is 3. The highest BCUT2D eigenvalue weighted by atomic mass is 32.1. The van der Waals surface area contributed by atoms with E-state index in [1.807, 2.05) is 11.7 Å². The number of hydrogen-bond acceptors (Lipinski definition) is 5. The van der Waals surface area contributed by atoms with Gasteiger partial charge in [-0.25, -0.2) is 4.98 Å². The highest BCUT2D eigenvalue weighted by Crippen LogP contribution is 2.43. The minimum Gasteiger partial charge on any atom is -0.375 e. The minimum absolute atomic E-state index is 0.503. The van der Waals surface area contributed by atoms with Gasteiger partial charge in [0, 0.05) is 30.7 Å². The van der Waals surface area contributed by atoms with Crippen LogP contribution in [0.2, 0.25) is 0 Å². The number of aryl methyl sites for hydroxylation is 3. The van der Waals surface area contributed by atoms with Gasteiger partial charge in [-0.3, -0.25) is 4.68 Å². The van der Waals surface area contributed by atoms with Crippen LogP contribution in [-0.2, 0) is 7.05 Å². The molecular weight excluding hydrogens is 390 g/mol. The summed E-state index contributed by atoms with van der Waals surface area (Å²) in [4.78, 5) is 4.68. The van der Waals surface area contributed by atoms with Gasteiger partial charge in [-0.15, -0.1) is 0 Å². The van der Waals surface area contributed by atoms with E-state index in [2.05, 4.69) is 67.5 Å². The Morgan fingerprint density at radius 1 is 1.10 bits per heavy atom. The molecular formula is C24H29N5S. The van der Waals surface area contributed by atoms with Crippen molar-refractivity contribution in [3.8, 4) is 11.1 Å². The molecule has 3 heterocycles. The monoisotopic (exact) mass is 419 g/mol. The molecule has 2 unspecified atom stereocenters. The molecule has 5 nitrogen and oxygen atoms in total. The topological polar surface area (TPSA) is 68.8 Å². The van der Waals surface area contributed by atoms with Gasteiger partial charge in [0.05, 0.1) is 15.7 Å². The zero-order valence-electron chi connectivity index (χ0n) is 18.3. The molecule has 30 heavy (non-hydrogen) atoms. The van der Waals surface area contributed by atoms with Gasteiger partial charge < -0.3 is 11.1 Å². The minimum atomic E-state index is 0.503. The van der Waals surface area contributed by atoms with Crippen LogP contribution >= 0.6 is 11.3 Å². The average molecular weight is 420 g/mol. The number of piperidine rings is 1. The Labute approximate surface area is 181 Å². The first-order valence-corrected chi connectivity index (χ1v) is 11.5. The molecule has 3 N–H and O–H groups in total. The van der Waals surface area contributed by atoms with Gasteiger partial charge in [0.2, 0.25) is 0 Å². The lowest BCUT2D eigenvalue weighted by atomic mass is 9.78. The van der Waals surface area contributed by atoms with Crippen LogP contribution in [0.3, 0.4) is 0 Å². The van der Waals surface area contributed by atoms with Gasteiger partial charge >= 0.3 is 0 Å². The molecule has 1 aliphatic heterocycles. The molecule has 0 aliphatic carbocycles. The first-order valence-electron chi connectivity index (χ1n) is 10.7. The fourth-order valence-corrected chi connectivity index (χ4v) is 6.25. The predicted octanol–water partition coefficient (Wildman–Crippen LogP) is 5.29. The summed E-state index contributed by atoms with van der Waals surface area (Å²) in [6.45, 7) is 8.97. The van der Waals surface area contributed by atoms with Crippen molar-refractivity contribution in [1.82, 2.24) is 20.1 Å². The Balaban J connectivity index is 1.78. The smallest absolute Gasteiger partial charge is 0.181 e. The molecule has 156 valence electrons. The van der Waals surface area contributed by atoms with Crippen molar-refractivity contribution in [2.45, 2.75) is 58.5 Å². The SMILES string of the molecule is Cc1cc(-c2cc3sc(N)nc3c(C)c2C2CC(C)NC(C)C2)cc2cn(C)nc12. The number of nitrogens with zero attached hydrogens (tertiary/aromatic N) is 3. The van der Waals surface area contributed by atoms with Crippen LogP contribution in [0.15, 0.2) is 24.4 Å². The normalized spacial score (nSPS) is 22.2. The summed E-state index contributed by atoms with van der Waals surface area (Å²) in [7, 11) is 1.98. The lowest BCUT2D eigenvalue weighted by Gasteiger charge is -2.35. The van der Waals surface area contributed by atoms with E-state index in [0.717, 1.165) is 23.9 Å². The molecule has 6 heteroatoms. The predicted molar refractivity (Wildman–Crippen MR) is 127 cm³/mol. The van der Waals surface area contributed by atoms with Gasteiger partial charge in [-0.05, 0) is 92.5 Å². The highest BCUT2D eigenvalue weighted by molar-refractivity contribution is 7.22. The number of rotatable bonds is 2. The maximum absolute atomic E-state index is 6.11. The maximum Gasteiger partial charge on any atom is 0.181 e. The molecule has 1 saturated heterocycles. The molecule has 0 bridgehead atoms. The molecule has 0 saturated carbocycles. The van der Waals surface area contributed by atoms with Gasteiger partial charge in [0.1, 0.15) is 0 Å². The zero-order chi connectivity index (χ0) is 21.2. The van der Waals surface area contributed by atoms with Gasteiger partial charge in [0.15, 0.2) is 5.13 Å². The van der Waals surface area contributed by atoms with E-state index in [-0.39, 0.29) is 0 Å². The van der Waals surface area contributed by atoms with E-state index in [0.29, 0.717) is 23.1 Å². The fraction of sp³-hybridized carbons (Fsp3) is 0.417. The van der Waals surface area contributed by atoms with Crippen molar-refractivity contribution in [3.05, 3.63) is 41.1 Å². The van der Waals surface area contributed by atoms with Crippen LogP contribution in [0.1, 0.15) is 49.3 Å². The van der Waals surface area contributed by atoms with Crippen molar-refractivity contribution in [1.29, 1.82) is 0 Å². The first kappa shape index (κ1) is 19.5. The fourth-order valence-electron chi connectivity index (χ4n) is 5.41. The molecule has 2 atom stereocenters. The number of anilines is 1. The third-order valence-corrected chi connectivity index (χ3v) is 7.30. The van der Waals surface area contributed by atoms with Gasteiger partial charge in [0.25, 0.3) is 0 Å². The maximum atomic E-state index is 6.11. The van der Waals surface area contributed by atoms with Crippen LogP contribution in [0.4, 0.5) is 5.13 Å². The number of nitrogens with one attached hydrogen (secondary N) is 1. The van der Waals surface area contributed by atoms with Crippen molar-refractivity contribution in [2.75, 3.05) is 5.73 Å². The van der Waals surface area contributed by atoms with E-state index >= 15 is 0 Å². The third kappa shape index (κ3) is 3.19. The van der Waals surface area contributed by atoms with Crippen LogP contribution in [0.25, 0.3) is 32.2 Å². The van der Waals surface area contributed by atoms with Crippen LogP contribution in [0.5, 0.6) is 0 Å². The summed E-state index contributed by atoms with van der Waals surface area (Å²) in [5.41, 5.74) is 14.8. The van der Waals surface area contributed by atoms with Gasteiger partial charge in [-0.1, -0.05) is 11.3 Å². The van der Waals surface area contributed by atoms with Crippen molar-refractivity contribution in [2.24, 2.45) is 7.05 Å². The number of nitrogen functional groups attached to an aromatic ring is 1. The van der Waals surface area contributed by atoms with E-state index in [1.54, 1.807) is 11.3 Å². The Hall–Kier alpha value is -2.44. The van der Waals surface area contributed by atoms with Crippen molar-refractivity contribution >= 4 is 37.6 Å². The number of hydrogen-bond donors (Lipinski definition) is 2. The first-order chi connectivity index (χ1) is 14.3. The summed E-state index contributed by atoms with van der Waals surface area (Å²) in [6, 6.07) is 7.91. The lowest BCUT2D eigenvalue weighted by Crippen LogP contribution is -2.41. The summed E-state index contributed by atoms with van der Waals surface area (Å²) in [5.74, 6) is 0.503. The number of fused-ring (bicyclic) bond motifs is 2. The molecule has 1 aliphatic rings. The quantitative estimate of drug-likeness (QED) is 0.463. The summed E-state index contributed by atoms with van der Waals surface area (Å²) < 4.78 is 3.07. The van der Waals surface area contributed by atoms with Crippen LogP contribution in [0, 0.1) is 13.8 Å². The second kappa shape index (κ2) is 7.06. The van der Waals surface area contributed by atoms with Gasteiger partial charge in [-0.2, -0.15) is 5.10 Å². The van der Waals surface area contributed by atoms with Crippen molar-refractivity contribution in [3.63, 3.8) is 0 Å². The molecule has 2 aromatic carbocycles. The summed E-state index contributed by atoms with van der Waals surface area (Å²) >= 11 is 1.58. The Morgan fingerprint density at radius 2 is 1.83 bits per heavy atom.